The van der Waals surface area contributed by atoms with Gasteiger partial charge in [-0.05, 0) is 42.5 Å². The van der Waals surface area contributed by atoms with E-state index in [1.165, 1.54) is 7.11 Å². The number of esters is 1. The van der Waals surface area contributed by atoms with E-state index in [4.69, 9.17) is 10.00 Å². The second-order valence-electron chi connectivity index (χ2n) is 7.02. The molecule has 27 heavy (non-hydrogen) atoms. The van der Waals surface area contributed by atoms with Crippen LogP contribution in [-0.2, 0) is 19.1 Å². The summed E-state index contributed by atoms with van der Waals surface area (Å²) in [6.45, 7) is 5.71. The Morgan fingerprint density at radius 3 is 2.19 bits per heavy atom. The Bertz CT molecular complexity index is 692. The summed E-state index contributed by atoms with van der Waals surface area (Å²) >= 11 is 0. The van der Waals surface area contributed by atoms with E-state index in [2.05, 4.69) is 10.6 Å². The summed E-state index contributed by atoms with van der Waals surface area (Å²) in [5, 5.41) is 14.2. The van der Waals surface area contributed by atoms with Crippen LogP contribution in [-0.4, -0.2) is 30.9 Å². The van der Waals surface area contributed by atoms with Crippen LogP contribution in [0.4, 0.5) is 5.69 Å². The summed E-state index contributed by atoms with van der Waals surface area (Å²) < 4.78 is 4.73. The second-order valence-corrected chi connectivity index (χ2v) is 7.02. The van der Waals surface area contributed by atoms with Gasteiger partial charge in [-0.3, -0.25) is 9.59 Å². The fraction of sp³-hybridized carbons (Fsp3) is 0.500. The van der Waals surface area contributed by atoms with E-state index in [9.17, 15) is 14.4 Å². The number of nitriles is 1. The van der Waals surface area contributed by atoms with Gasteiger partial charge in [-0.1, -0.05) is 20.8 Å². The molecule has 2 atom stereocenters. The topological polar surface area (TPSA) is 108 Å². The van der Waals surface area contributed by atoms with Crippen molar-refractivity contribution in [3.8, 4) is 6.07 Å². The van der Waals surface area contributed by atoms with Crippen molar-refractivity contribution in [1.82, 2.24) is 5.32 Å². The lowest BCUT2D eigenvalue weighted by atomic mass is 10.0. The molecule has 2 amide bonds. The molecule has 0 aromatic heterocycles. The quantitative estimate of drug-likeness (QED) is 0.647. The van der Waals surface area contributed by atoms with Crippen molar-refractivity contribution in [2.75, 3.05) is 12.4 Å². The Morgan fingerprint density at radius 1 is 1.07 bits per heavy atom. The Balaban J connectivity index is 2.50. The number of benzene rings is 1. The van der Waals surface area contributed by atoms with Crippen molar-refractivity contribution >= 4 is 23.5 Å². The lowest BCUT2D eigenvalue weighted by molar-refractivity contribution is -0.145. The SMILES string of the molecule is COC(=O)[C@@H](CC(C)C)NC(=O)C[C@H](C)CC(=O)Nc1ccc(C#N)cc1. The van der Waals surface area contributed by atoms with Crippen LogP contribution in [0.5, 0.6) is 0 Å². The van der Waals surface area contributed by atoms with Gasteiger partial charge < -0.3 is 15.4 Å². The monoisotopic (exact) mass is 373 g/mol. The second kappa shape index (κ2) is 11.0. The van der Waals surface area contributed by atoms with Gasteiger partial charge in [0.1, 0.15) is 6.04 Å². The largest absolute Gasteiger partial charge is 0.467 e. The van der Waals surface area contributed by atoms with E-state index in [1.54, 1.807) is 31.2 Å². The van der Waals surface area contributed by atoms with Crippen LogP contribution in [0.1, 0.15) is 45.6 Å². The number of hydrogen-bond donors (Lipinski definition) is 2. The molecule has 0 heterocycles. The van der Waals surface area contributed by atoms with E-state index in [0.717, 1.165) is 0 Å². The van der Waals surface area contributed by atoms with Crippen molar-refractivity contribution in [3.05, 3.63) is 29.8 Å². The third-order valence-electron chi connectivity index (χ3n) is 3.89. The van der Waals surface area contributed by atoms with E-state index >= 15 is 0 Å². The molecule has 0 aliphatic rings. The fourth-order valence-electron chi connectivity index (χ4n) is 2.63. The van der Waals surface area contributed by atoms with Gasteiger partial charge in [-0.25, -0.2) is 4.79 Å². The third-order valence-corrected chi connectivity index (χ3v) is 3.89. The van der Waals surface area contributed by atoms with Gasteiger partial charge in [0.25, 0.3) is 0 Å². The fourth-order valence-corrected chi connectivity index (χ4v) is 2.63. The molecule has 2 N–H and O–H groups in total. The number of amides is 2. The smallest absolute Gasteiger partial charge is 0.328 e. The molecule has 1 aromatic carbocycles. The van der Waals surface area contributed by atoms with Crippen molar-refractivity contribution in [2.45, 2.75) is 46.1 Å². The minimum absolute atomic E-state index is 0.131. The molecule has 7 heteroatoms. The van der Waals surface area contributed by atoms with E-state index < -0.39 is 12.0 Å². The zero-order chi connectivity index (χ0) is 20.4. The minimum Gasteiger partial charge on any atom is -0.467 e. The van der Waals surface area contributed by atoms with Crippen molar-refractivity contribution in [2.24, 2.45) is 11.8 Å². The summed E-state index contributed by atoms with van der Waals surface area (Å²) in [5.74, 6) is -0.939. The predicted octanol–water partition coefficient (Wildman–Crippen LogP) is 2.62. The van der Waals surface area contributed by atoms with Crippen LogP contribution in [0.25, 0.3) is 0 Å². The molecule has 0 saturated heterocycles. The van der Waals surface area contributed by atoms with Gasteiger partial charge >= 0.3 is 5.97 Å². The minimum atomic E-state index is -0.679. The highest BCUT2D eigenvalue weighted by Crippen LogP contribution is 2.13. The molecule has 0 radical (unpaired) electrons. The molecule has 0 bridgehead atoms. The van der Waals surface area contributed by atoms with Crippen LogP contribution in [0, 0.1) is 23.2 Å². The van der Waals surface area contributed by atoms with Gasteiger partial charge in [-0.15, -0.1) is 0 Å². The predicted molar refractivity (Wildman–Crippen MR) is 102 cm³/mol. The van der Waals surface area contributed by atoms with Gasteiger partial charge in [0.05, 0.1) is 18.7 Å². The molecule has 0 aliphatic heterocycles. The first-order valence-electron chi connectivity index (χ1n) is 8.92. The number of hydrogen-bond acceptors (Lipinski definition) is 5. The number of carbonyl (C=O) groups is 3. The normalized spacial score (nSPS) is 12.6. The lowest BCUT2D eigenvalue weighted by Crippen LogP contribution is -2.42. The molecule has 0 fully saturated rings. The van der Waals surface area contributed by atoms with Crippen molar-refractivity contribution in [3.63, 3.8) is 0 Å². The number of nitrogens with zero attached hydrogens (tertiary/aromatic N) is 1. The zero-order valence-electron chi connectivity index (χ0n) is 16.2. The Hall–Kier alpha value is -2.88. The number of ether oxygens (including phenoxy) is 1. The van der Waals surface area contributed by atoms with Crippen LogP contribution in [0.2, 0.25) is 0 Å². The number of carbonyl (C=O) groups excluding carboxylic acids is 3. The maximum Gasteiger partial charge on any atom is 0.328 e. The molecule has 146 valence electrons. The van der Waals surface area contributed by atoms with E-state index in [-0.39, 0.29) is 36.5 Å². The first-order chi connectivity index (χ1) is 12.7. The lowest BCUT2D eigenvalue weighted by Gasteiger charge is -2.19. The molecular weight excluding hydrogens is 346 g/mol. The van der Waals surface area contributed by atoms with Crippen molar-refractivity contribution in [1.29, 1.82) is 5.26 Å². The van der Waals surface area contributed by atoms with Gasteiger partial charge in [-0.2, -0.15) is 5.26 Å². The summed E-state index contributed by atoms with van der Waals surface area (Å²) in [6.07, 6.45) is 0.791. The molecule has 0 unspecified atom stereocenters. The van der Waals surface area contributed by atoms with Crippen LogP contribution in [0.15, 0.2) is 24.3 Å². The summed E-state index contributed by atoms with van der Waals surface area (Å²) in [5.41, 5.74) is 1.11. The molecule has 7 nitrogen and oxygen atoms in total. The van der Waals surface area contributed by atoms with Crippen LogP contribution in [0.3, 0.4) is 0 Å². The third kappa shape index (κ3) is 8.36. The molecular formula is C20H27N3O4. The summed E-state index contributed by atoms with van der Waals surface area (Å²) in [6, 6.07) is 7.88. The Morgan fingerprint density at radius 2 is 1.67 bits per heavy atom. The first kappa shape index (κ1) is 22.2. The van der Waals surface area contributed by atoms with Gasteiger partial charge in [0.2, 0.25) is 11.8 Å². The highest BCUT2D eigenvalue weighted by molar-refractivity contribution is 5.91. The first-order valence-corrected chi connectivity index (χ1v) is 8.92. The van der Waals surface area contributed by atoms with Crippen LogP contribution < -0.4 is 10.6 Å². The molecule has 0 aliphatic carbocycles. The number of rotatable bonds is 9. The zero-order valence-corrected chi connectivity index (χ0v) is 16.2. The number of methoxy groups -OCH3 is 1. The molecule has 0 spiro atoms. The highest BCUT2D eigenvalue weighted by atomic mass is 16.5. The van der Waals surface area contributed by atoms with E-state index in [0.29, 0.717) is 17.7 Å². The molecule has 1 aromatic rings. The maximum absolute atomic E-state index is 12.2. The summed E-state index contributed by atoms with van der Waals surface area (Å²) in [7, 11) is 1.29. The highest BCUT2D eigenvalue weighted by Gasteiger charge is 2.23. The molecule has 0 saturated carbocycles. The molecule has 1 rings (SSSR count). The average Bonchev–Trinajstić information content (AvgIpc) is 2.60. The van der Waals surface area contributed by atoms with Gasteiger partial charge in [0, 0.05) is 18.5 Å². The number of anilines is 1. The Labute approximate surface area is 160 Å². The van der Waals surface area contributed by atoms with E-state index in [1.807, 2.05) is 19.9 Å². The van der Waals surface area contributed by atoms with Crippen LogP contribution >= 0.6 is 0 Å². The van der Waals surface area contributed by atoms with Crippen molar-refractivity contribution < 1.29 is 19.1 Å². The summed E-state index contributed by atoms with van der Waals surface area (Å²) in [4.78, 5) is 36.1. The average molecular weight is 373 g/mol. The number of nitrogens with one attached hydrogen (secondary N) is 2. The van der Waals surface area contributed by atoms with Gasteiger partial charge in [0.15, 0.2) is 0 Å². The maximum atomic E-state index is 12.2. The Kier molecular flexibility index (Phi) is 9.00. The standard InChI is InChI=1S/C20H27N3O4/c1-13(2)9-17(20(26)27-4)23-19(25)11-14(3)10-18(24)22-16-7-5-15(12-21)6-8-16/h5-8,13-14,17H,9-11H2,1-4H3,(H,22,24)(H,23,25)/t14-,17-/m1/s1.